The Balaban J connectivity index is 2.22. The number of ether oxygens (including phenoxy) is 1. The van der Waals surface area contributed by atoms with Gasteiger partial charge in [-0.1, -0.05) is 13.0 Å². The van der Waals surface area contributed by atoms with Crippen LogP contribution in [0.1, 0.15) is 25.8 Å². The smallest absolute Gasteiger partial charge is 0.248 e. The predicted molar refractivity (Wildman–Crippen MR) is 75.2 cm³/mol. The van der Waals surface area contributed by atoms with Gasteiger partial charge in [0.25, 0.3) is 0 Å². The SMILES string of the molecule is CCC1(C)NC(=O)CN(Cc2ccc(OC)cc2F)C1=O. The summed E-state index contributed by atoms with van der Waals surface area (Å²) < 4.78 is 18.9. The molecule has 1 heterocycles. The Kier molecular flexibility index (Phi) is 4.16. The van der Waals surface area contributed by atoms with Crippen LogP contribution in [0.5, 0.6) is 5.75 Å². The van der Waals surface area contributed by atoms with Crippen molar-refractivity contribution in [1.82, 2.24) is 10.2 Å². The Bertz CT molecular complexity index is 576. The maximum absolute atomic E-state index is 14.0. The maximum atomic E-state index is 14.0. The first kappa shape index (κ1) is 15.3. The fraction of sp³-hybridized carbons (Fsp3) is 0.467. The molecule has 1 unspecified atom stereocenters. The van der Waals surface area contributed by atoms with Crippen LogP contribution in [0.4, 0.5) is 4.39 Å². The molecule has 0 aromatic heterocycles. The van der Waals surface area contributed by atoms with Crippen LogP contribution in [0, 0.1) is 5.82 Å². The first-order valence-electron chi connectivity index (χ1n) is 6.82. The number of nitrogens with zero attached hydrogens (tertiary/aromatic N) is 1. The molecule has 0 radical (unpaired) electrons. The van der Waals surface area contributed by atoms with Crippen LogP contribution < -0.4 is 10.1 Å². The lowest BCUT2D eigenvalue weighted by Gasteiger charge is -2.39. The summed E-state index contributed by atoms with van der Waals surface area (Å²) in [6.07, 6.45) is 0.485. The van der Waals surface area contributed by atoms with Crippen LogP contribution in [0.15, 0.2) is 18.2 Å². The Morgan fingerprint density at radius 2 is 2.14 bits per heavy atom. The second kappa shape index (κ2) is 5.71. The fourth-order valence-electron chi connectivity index (χ4n) is 2.35. The lowest BCUT2D eigenvalue weighted by molar-refractivity contribution is -0.149. The van der Waals surface area contributed by atoms with Crippen molar-refractivity contribution in [1.29, 1.82) is 0 Å². The number of amides is 2. The van der Waals surface area contributed by atoms with Crippen molar-refractivity contribution in [2.24, 2.45) is 0 Å². The van der Waals surface area contributed by atoms with Crippen molar-refractivity contribution in [2.45, 2.75) is 32.4 Å². The highest BCUT2D eigenvalue weighted by atomic mass is 19.1. The maximum Gasteiger partial charge on any atom is 0.248 e. The minimum absolute atomic E-state index is 0.0557. The lowest BCUT2D eigenvalue weighted by atomic mass is 9.94. The van der Waals surface area contributed by atoms with E-state index in [0.717, 1.165) is 0 Å². The quantitative estimate of drug-likeness (QED) is 0.914. The minimum atomic E-state index is -0.918. The average Bonchev–Trinajstić information content (AvgIpc) is 2.46. The Hall–Kier alpha value is -2.11. The highest BCUT2D eigenvalue weighted by Gasteiger charge is 2.41. The number of piperazine rings is 1. The normalized spacial score (nSPS) is 22.2. The van der Waals surface area contributed by atoms with Gasteiger partial charge in [-0.25, -0.2) is 4.39 Å². The number of rotatable bonds is 4. The third-order valence-electron chi connectivity index (χ3n) is 3.84. The summed E-state index contributed by atoms with van der Waals surface area (Å²) >= 11 is 0. The minimum Gasteiger partial charge on any atom is -0.497 e. The van der Waals surface area contributed by atoms with E-state index in [-0.39, 0.29) is 24.9 Å². The van der Waals surface area contributed by atoms with Gasteiger partial charge < -0.3 is 15.0 Å². The molecule has 0 spiro atoms. The van der Waals surface area contributed by atoms with Crippen LogP contribution in [-0.2, 0) is 16.1 Å². The first-order valence-corrected chi connectivity index (χ1v) is 6.82. The Morgan fingerprint density at radius 1 is 1.43 bits per heavy atom. The molecule has 1 N–H and O–H groups in total. The number of carbonyl (C=O) groups is 2. The fourth-order valence-corrected chi connectivity index (χ4v) is 2.35. The molecular formula is C15H19FN2O3. The van der Waals surface area contributed by atoms with Crippen molar-refractivity contribution >= 4 is 11.8 Å². The second-order valence-electron chi connectivity index (χ2n) is 5.35. The van der Waals surface area contributed by atoms with E-state index in [1.54, 1.807) is 19.1 Å². The third-order valence-corrected chi connectivity index (χ3v) is 3.84. The van der Waals surface area contributed by atoms with E-state index in [2.05, 4.69) is 5.32 Å². The molecule has 1 aromatic rings. The molecule has 0 aliphatic carbocycles. The zero-order valence-electron chi connectivity index (χ0n) is 12.4. The lowest BCUT2D eigenvalue weighted by Crippen LogP contribution is -2.64. The van der Waals surface area contributed by atoms with E-state index >= 15 is 0 Å². The molecule has 5 nitrogen and oxygen atoms in total. The van der Waals surface area contributed by atoms with Crippen LogP contribution in [0.3, 0.4) is 0 Å². The van der Waals surface area contributed by atoms with Gasteiger partial charge in [-0.3, -0.25) is 9.59 Å². The molecule has 21 heavy (non-hydrogen) atoms. The number of methoxy groups -OCH3 is 1. The van der Waals surface area contributed by atoms with Gasteiger partial charge in [-0.2, -0.15) is 0 Å². The monoisotopic (exact) mass is 294 g/mol. The molecule has 114 valence electrons. The molecule has 1 fully saturated rings. The van der Waals surface area contributed by atoms with Gasteiger partial charge in [-0.15, -0.1) is 0 Å². The molecule has 1 aliphatic heterocycles. The van der Waals surface area contributed by atoms with Crippen LogP contribution in [0.25, 0.3) is 0 Å². The largest absolute Gasteiger partial charge is 0.497 e. The molecule has 0 bridgehead atoms. The highest BCUT2D eigenvalue weighted by Crippen LogP contribution is 2.22. The van der Waals surface area contributed by atoms with Gasteiger partial charge >= 0.3 is 0 Å². The molecule has 2 amide bonds. The zero-order chi connectivity index (χ0) is 15.6. The molecule has 6 heteroatoms. The molecule has 1 aliphatic rings. The van der Waals surface area contributed by atoms with E-state index in [0.29, 0.717) is 17.7 Å². The van der Waals surface area contributed by atoms with Crippen LogP contribution in [0.2, 0.25) is 0 Å². The van der Waals surface area contributed by atoms with E-state index in [1.807, 2.05) is 6.92 Å². The zero-order valence-corrected chi connectivity index (χ0v) is 12.4. The van der Waals surface area contributed by atoms with Gasteiger partial charge in [0.1, 0.15) is 17.1 Å². The molecule has 1 atom stereocenters. The van der Waals surface area contributed by atoms with Crippen molar-refractivity contribution in [2.75, 3.05) is 13.7 Å². The summed E-state index contributed by atoms with van der Waals surface area (Å²) in [7, 11) is 1.46. The molecule has 1 saturated heterocycles. The van der Waals surface area contributed by atoms with Crippen molar-refractivity contribution < 1.29 is 18.7 Å². The average molecular weight is 294 g/mol. The van der Waals surface area contributed by atoms with Gasteiger partial charge in [0.2, 0.25) is 11.8 Å². The molecule has 0 saturated carbocycles. The highest BCUT2D eigenvalue weighted by molar-refractivity contribution is 5.97. The standard InChI is InChI=1S/C15H19FN2O3/c1-4-15(2)14(20)18(9-13(19)17-15)8-10-5-6-11(21-3)7-12(10)16/h5-7H,4,8-9H2,1-3H3,(H,17,19). The Morgan fingerprint density at radius 3 is 2.71 bits per heavy atom. The summed E-state index contributed by atoms with van der Waals surface area (Å²) in [5.41, 5.74) is -0.560. The molecular weight excluding hydrogens is 275 g/mol. The van der Waals surface area contributed by atoms with Gasteiger partial charge in [-0.05, 0) is 19.4 Å². The summed E-state index contributed by atoms with van der Waals surface area (Å²) in [5, 5.41) is 2.70. The number of benzene rings is 1. The van der Waals surface area contributed by atoms with Crippen molar-refractivity contribution in [3.05, 3.63) is 29.6 Å². The van der Waals surface area contributed by atoms with Crippen LogP contribution in [-0.4, -0.2) is 35.9 Å². The third kappa shape index (κ3) is 2.99. The Labute approximate surface area is 123 Å². The number of carbonyl (C=O) groups excluding carboxylic acids is 2. The van der Waals surface area contributed by atoms with E-state index in [1.165, 1.54) is 18.1 Å². The number of hydrogen-bond donors (Lipinski definition) is 1. The van der Waals surface area contributed by atoms with Crippen LogP contribution >= 0.6 is 0 Å². The summed E-state index contributed by atoms with van der Waals surface area (Å²) in [6, 6.07) is 4.46. The summed E-state index contributed by atoms with van der Waals surface area (Å²) in [4.78, 5) is 25.6. The number of hydrogen-bond acceptors (Lipinski definition) is 3. The number of nitrogens with one attached hydrogen (secondary N) is 1. The van der Waals surface area contributed by atoms with Crippen molar-refractivity contribution in [3.8, 4) is 5.75 Å². The first-order chi connectivity index (χ1) is 9.89. The van der Waals surface area contributed by atoms with Gasteiger partial charge in [0.05, 0.1) is 13.7 Å². The van der Waals surface area contributed by atoms with Gasteiger partial charge in [0.15, 0.2) is 0 Å². The number of halogens is 1. The predicted octanol–water partition coefficient (Wildman–Crippen LogP) is 1.46. The summed E-state index contributed by atoms with van der Waals surface area (Å²) in [6.45, 7) is 3.52. The second-order valence-corrected chi connectivity index (χ2v) is 5.35. The summed E-state index contributed by atoms with van der Waals surface area (Å²) in [5.74, 6) is -0.462. The topological polar surface area (TPSA) is 58.6 Å². The molecule has 1 aromatic carbocycles. The van der Waals surface area contributed by atoms with E-state index in [9.17, 15) is 14.0 Å². The van der Waals surface area contributed by atoms with E-state index in [4.69, 9.17) is 4.74 Å². The van der Waals surface area contributed by atoms with Gasteiger partial charge in [0, 0.05) is 18.2 Å². The van der Waals surface area contributed by atoms with Crippen molar-refractivity contribution in [3.63, 3.8) is 0 Å². The van der Waals surface area contributed by atoms with E-state index < -0.39 is 11.4 Å². The molecule has 2 rings (SSSR count).